The molecule has 0 aliphatic carbocycles. The summed E-state index contributed by atoms with van der Waals surface area (Å²) in [7, 11) is -3.50. The number of hydrogen-bond donors (Lipinski definition) is 3. The van der Waals surface area contributed by atoms with Gasteiger partial charge in [0, 0.05) is 51.3 Å². The van der Waals surface area contributed by atoms with Gasteiger partial charge in [-0.1, -0.05) is 12.1 Å². The standard InChI is InChI=1S/C18H27N5O3S/c24-17(20-9-4-12-23-13-10-19-11-14-23)7-3-8-21-18-15-5-1-2-6-16(15)27(25,26)22-18/h1-2,5-6,19H,3-4,7-14H2,(H,20,24)(H,21,22). The highest BCUT2D eigenvalue weighted by atomic mass is 32.2. The lowest BCUT2D eigenvalue weighted by Crippen LogP contribution is -2.44. The van der Waals surface area contributed by atoms with Crippen molar-refractivity contribution < 1.29 is 13.2 Å². The van der Waals surface area contributed by atoms with Gasteiger partial charge in [-0.15, -0.1) is 0 Å². The number of carbonyl (C=O) groups is 1. The van der Waals surface area contributed by atoms with Gasteiger partial charge in [-0.3, -0.25) is 14.5 Å². The van der Waals surface area contributed by atoms with Gasteiger partial charge >= 0.3 is 0 Å². The Hall–Kier alpha value is -1.97. The number of nitrogens with zero attached hydrogens (tertiary/aromatic N) is 2. The number of amides is 1. The van der Waals surface area contributed by atoms with E-state index >= 15 is 0 Å². The third-order valence-corrected chi connectivity index (χ3v) is 6.07. The number of carbonyl (C=O) groups excluding carboxylic acids is 1. The van der Waals surface area contributed by atoms with Crippen LogP contribution in [-0.2, 0) is 14.8 Å². The number of hydrogen-bond acceptors (Lipinski definition) is 6. The van der Waals surface area contributed by atoms with Gasteiger partial charge in [0.05, 0.1) is 4.90 Å². The minimum Gasteiger partial charge on any atom is -0.356 e. The molecule has 0 spiro atoms. The van der Waals surface area contributed by atoms with Gasteiger partial charge < -0.3 is 15.5 Å². The predicted octanol–water partition coefficient (Wildman–Crippen LogP) is -0.0832. The molecule has 148 valence electrons. The smallest absolute Gasteiger partial charge is 0.263 e. The third-order valence-electron chi connectivity index (χ3n) is 4.68. The van der Waals surface area contributed by atoms with Crippen molar-refractivity contribution in [3.05, 3.63) is 29.8 Å². The van der Waals surface area contributed by atoms with E-state index in [1.165, 1.54) is 0 Å². The number of nitrogens with one attached hydrogen (secondary N) is 3. The molecule has 0 bridgehead atoms. The fourth-order valence-electron chi connectivity index (χ4n) is 3.24. The van der Waals surface area contributed by atoms with E-state index in [1.54, 1.807) is 24.3 Å². The number of fused-ring (bicyclic) bond motifs is 1. The molecule has 0 aromatic heterocycles. The van der Waals surface area contributed by atoms with Gasteiger partial charge in [-0.2, -0.15) is 0 Å². The van der Waals surface area contributed by atoms with Crippen LogP contribution in [0, 0.1) is 0 Å². The number of sulfonamides is 1. The molecule has 1 aromatic carbocycles. The van der Waals surface area contributed by atoms with Crippen molar-refractivity contribution in [2.45, 2.75) is 24.2 Å². The summed E-state index contributed by atoms with van der Waals surface area (Å²) in [5, 5.41) is 6.26. The number of amidine groups is 1. The molecule has 3 N–H and O–H groups in total. The Morgan fingerprint density at radius 3 is 2.78 bits per heavy atom. The summed E-state index contributed by atoms with van der Waals surface area (Å²) in [5.74, 6) is 0.380. The number of aliphatic imine (C=N–C) groups is 1. The highest BCUT2D eigenvalue weighted by Gasteiger charge is 2.29. The molecule has 1 fully saturated rings. The Kier molecular flexibility index (Phi) is 6.81. The van der Waals surface area contributed by atoms with Gasteiger partial charge in [-0.05, 0) is 31.5 Å². The van der Waals surface area contributed by atoms with Crippen molar-refractivity contribution in [2.24, 2.45) is 4.99 Å². The average Bonchev–Trinajstić information content (AvgIpc) is 2.94. The molecule has 1 aromatic rings. The van der Waals surface area contributed by atoms with Gasteiger partial charge in [0.15, 0.2) is 0 Å². The first-order chi connectivity index (χ1) is 13.1. The number of piperazine rings is 1. The fraction of sp³-hybridized carbons (Fsp3) is 0.556. The van der Waals surface area contributed by atoms with Crippen molar-refractivity contribution >= 4 is 21.8 Å². The average molecular weight is 394 g/mol. The fourth-order valence-corrected chi connectivity index (χ4v) is 4.49. The molecule has 1 amide bonds. The molecule has 8 nitrogen and oxygen atoms in total. The second kappa shape index (κ2) is 9.29. The maximum Gasteiger partial charge on any atom is 0.263 e. The van der Waals surface area contributed by atoms with E-state index in [4.69, 9.17) is 0 Å². The molecule has 0 saturated carbocycles. The molecule has 2 aliphatic heterocycles. The molecule has 9 heteroatoms. The van der Waals surface area contributed by atoms with Crippen LogP contribution in [0.15, 0.2) is 34.2 Å². The molecule has 0 unspecified atom stereocenters. The molecule has 2 heterocycles. The number of benzene rings is 1. The summed E-state index contributed by atoms with van der Waals surface area (Å²) in [6.07, 6.45) is 1.92. The quantitative estimate of drug-likeness (QED) is 0.536. The Balaban J connectivity index is 1.34. The van der Waals surface area contributed by atoms with E-state index in [-0.39, 0.29) is 10.8 Å². The summed E-state index contributed by atoms with van der Waals surface area (Å²) in [6.45, 7) is 6.31. The Labute approximate surface area is 160 Å². The van der Waals surface area contributed by atoms with Crippen LogP contribution < -0.4 is 15.4 Å². The summed E-state index contributed by atoms with van der Waals surface area (Å²) < 4.78 is 26.5. The van der Waals surface area contributed by atoms with E-state index in [2.05, 4.69) is 25.2 Å². The van der Waals surface area contributed by atoms with E-state index < -0.39 is 10.0 Å². The SMILES string of the molecule is O=C(CCCN=C1NS(=O)(=O)c2ccccc21)NCCCN1CCNCC1. The van der Waals surface area contributed by atoms with Crippen molar-refractivity contribution in [1.29, 1.82) is 0 Å². The maximum atomic E-state index is 12.0. The largest absolute Gasteiger partial charge is 0.356 e. The number of rotatable bonds is 8. The van der Waals surface area contributed by atoms with E-state index in [1.807, 2.05) is 0 Å². The van der Waals surface area contributed by atoms with Crippen molar-refractivity contribution in [3.8, 4) is 0 Å². The first-order valence-electron chi connectivity index (χ1n) is 9.43. The predicted molar refractivity (Wildman–Crippen MR) is 104 cm³/mol. The van der Waals surface area contributed by atoms with Crippen LogP contribution >= 0.6 is 0 Å². The summed E-state index contributed by atoms with van der Waals surface area (Å²) in [5.41, 5.74) is 0.592. The first kappa shape index (κ1) is 19.8. The van der Waals surface area contributed by atoms with Crippen molar-refractivity contribution in [3.63, 3.8) is 0 Å². The van der Waals surface area contributed by atoms with Crippen LogP contribution in [0.2, 0.25) is 0 Å². The lowest BCUT2D eigenvalue weighted by Gasteiger charge is -2.27. The third kappa shape index (κ3) is 5.50. The Morgan fingerprint density at radius 2 is 1.96 bits per heavy atom. The minimum atomic E-state index is -3.50. The van der Waals surface area contributed by atoms with E-state index in [0.717, 1.165) is 39.1 Å². The Bertz CT molecular complexity index is 788. The highest BCUT2D eigenvalue weighted by molar-refractivity contribution is 7.90. The second-order valence-electron chi connectivity index (χ2n) is 6.73. The molecule has 3 rings (SSSR count). The molecule has 0 radical (unpaired) electrons. The zero-order chi connectivity index (χ0) is 19.1. The topological polar surface area (TPSA) is 103 Å². The lowest BCUT2D eigenvalue weighted by molar-refractivity contribution is -0.121. The van der Waals surface area contributed by atoms with Crippen LogP contribution in [-0.4, -0.2) is 70.9 Å². The van der Waals surface area contributed by atoms with Crippen LogP contribution in [0.25, 0.3) is 0 Å². The first-order valence-corrected chi connectivity index (χ1v) is 10.9. The van der Waals surface area contributed by atoms with Crippen LogP contribution in [0.5, 0.6) is 0 Å². The van der Waals surface area contributed by atoms with Gasteiger partial charge in [0.1, 0.15) is 5.84 Å². The lowest BCUT2D eigenvalue weighted by atomic mass is 10.2. The maximum absolute atomic E-state index is 12.0. The van der Waals surface area contributed by atoms with Crippen molar-refractivity contribution in [1.82, 2.24) is 20.3 Å². The summed E-state index contributed by atoms with van der Waals surface area (Å²) in [4.78, 5) is 18.9. The van der Waals surface area contributed by atoms with Crippen LogP contribution in [0.1, 0.15) is 24.8 Å². The minimum absolute atomic E-state index is 0.0166. The molecule has 27 heavy (non-hydrogen) atoms. The van der Waals surface area contributed by atoms with E-state index in [9.17, 15) is 13.2 Å². The summed E-state index contributed by atoms with van der Waals surface area (Å²) in [6, 6.07) is 6.77. The van der Waals surface area contributed by atoms with Crippen LogP contribution in [0.3, 0.4) is 0 Å². The molecular formula is C18H27N5O3S. The van der Waals surface area contributed by atoms with Crippen molar-refractivity contribution in [2.75, 3.05) is 45.8 Å². The monoisotopic (exact) mass is 393 g/mol. The summed E-state index contributed by atoms with van der Waals surface area (Å²) >= 11 is 0. The zero-order valence-electron chi connectivity index (χ0n) is 15.4. The molecule has 0 atom stereocenters. The second-order valence-corrected chi connectivity index (χ2v) is 8.38. The van der Waals surface area contributed by atoms with Gasteiger partial charge in [0.2, 0.25) is 5.91 Å². The molecule has 2 aliphatic rings. The van der Waals surface area contributed by atoms with Gasteiger partial charge in [0.25, 0.3) is 10.0 Å². The zero-order valence-corrected chi connectivity index (χ0v) is 16.2. The Morgan fingerprint density at radius 1 is 1.19 bits per heavy atom. The normalized spacial score (nSPS) is 20.2. The van der Waals surface area contributed by atoms with E-state index in [0.29, 0.717) is 37.3 Å². The molecule has 1 saturated heterocycles. The van der Waals surface area contributed by atoms with Crippen LogP contribution in [0.4, 0.5) is 0 Å². The van der Waals surface area contributed by atoms with Gasteiger partial charge in [-0.25, -0.2) is 8.42 Å². The highest BCUT2D eigenvalue weighted by Crippen LogP contribution is 2.22. The molecular weight excluding hydrogens is 366 g/mol.